The van der Waals surface area contributed by atoms with Crippen LogP contribution < -0.4 is 11.1 Å². The second-order valence-electron chi connectivity index (χ2n) is 5.16. The number of nitrogens with zero attached hydrogens (tertiary/aromatic N) is 2. The number of carbonyl (C=O) groups excluding carboxylic acids is 1. The first-order valence-electron chi connectivity index (χ1n) is 6.58. The molecule has 1 fully saturated rings. The van der Waals surface area contributed by atoms with Crippen molar-refractivity contribution in [3.63, 3.8) is 0 Å². The van der Waals surface area contributed by atoms with Crippen molar-refractivity contribution in [2.24, 2.45) is 24.6 Å². The van der Waals surface area contributed by atoms with Crippen LogP contribution in [0.1, 0.15) is 30.5 Å². The lowest BCUT2D eigenvalue weighted by molar-refractivity contribution is -0.126. The summed E-state index contributed by atoms with van der Waals surface area (Å²) in [6.45, 7) is 3.13. The summed E-state index contributed by atoms with van der Waals surface area (Å²) < 4.78 is 1.77. The minimum Gasteiger partial charge on any atom is -0.352 e. The molecule has 1 heterocycles. The minimum atomic E-state index is 0.104. The van der Waals surface area contributed by atoms with Gasteiger partial charge in [0, 0.05) is 31.3 Å². The van der Waals surface area contributed by atoms with Gasteiger partial charge in [0.1, 0.15) is 0 Å². The minimum absolute atomic E-state index is 0.104. The highest BCUT2D eigenvalue weighted by Gasteiger charge is 2.31. The molecule has 1 aromatic rings. The predicted molar refractivity (Wildman–Crippen MR) is 69.7 cm³/mol. The van der Waals surface area contributed by atoms with E-state index in [1.54, 1.807) is 4.68 Å². The molecular formula is C13H22N4O. The Morgan fingerprint density at radius 3 is 3.00 bits per heavy atom. The number of nitrogens with two attached hydrogens (primary N) is 1. The molecule has 0 radical (unpaired) electrons. The van der Waals surface area contributed by atoms with Crippen molar-refractivity contribution in [2.45, 2.75) is 32.7 Å². The van der Waals surface area contributed by atoms with Crippen LogP contribution in [0.25, 0.3) is 0 Å². The zero-order chi connectivity index (χ0) is 13.1. The van der Waals surface area contributed by atoms with Crippen molar-refractivity contribution in [2.75, 3.05) is 6.54 Å². The third-order valence-electron chi connectivity index (χ3n) is 3.87. The van der Waals surface area contributed by atoms with Crippen LogP contribution >= 0.6 is 0 Å². The Kier molecular flexibility index (Phi) is 4.01. The lowest BCUT2D eigenvalue weighted by Gasteiger charge is -2.17. The van der Waals surface area contributed by atoms with Crippen molar-refractivity contribution in [3.8, 4) is 0 Å². The lowest BCUT2D eigenvalue weighted by atomic mass is 9.95. The maximum absolute atomic E-state index is 12.1. The van der Waals surface area contributed by atoms with Crippen LogP contribution in [0.3, 0.4) is 0 Å². The maximum Gasteiger partial charge on any atom is 0.223 e. The van der Waals surface area contributed by atoms with E-state index in [0.717, 1.165) is 30.5 Å². The van der Waals surface area contributed by atoms with E-state index in [4.69, 9.17) is 5.73 Å². The van der Waals surface area contributed by atoms with Crippen LogP contribution in [-0.4, -0.2) is 22.2 Å². The van der Waals surface area contributed by atoms with Crippen LogP contribution in [0.2, 0.25) is 0 Å². The monoisotopic (exact) mass is 250 g/mol. The highest BCUT2D eigenvalue weighted by Crippen LogP contribution is 2.30. The molecule has 1 amide bonds. The van der Waals surface area contributed by atoms with Crippen molar-refractivity contribution in [1.29, 1.82) is 0 Å². The number of amides is 1. The molecule has 2 atom stereocenters. The normalized spacial score (nSPS) is 23.3. The van der Waals surface area contributed by atoms with E-state index in [9.17, 15) is 4.79 Å². The van der Waals surface area contributed by atoms with Gasteiger partial charge in [-0.05, 0) is 32.2 Å². The molecule has 0 spiro atoms. The Morgan fingerprint density at radius 1 is 1.61 bits per heavy atom. The van der Waals surface area contributed by atoms with Gasteiger partial charge in [0.15, 0.2) is 0 Å². The van der Waals surface area contributed by atoms with E-state index in [2.05, 4.69) is 10.4 Å². The number of aromatic nitrogens is 2. The van der Waals surface area contributed by atoms with Crippen molar-refractivity contribution < 1.29 is 4.79 Å². The third-order valence-corrected chi connectivity index (χ3v) is 3.87. The van der Waals surface area contributed by atoms with Gasteiger partial charge in [-0.25, -0.2) is 0 Å². The summed E-state index contributed by atoms with van der Waals surface area (Å²) in [7, 11) is 1.89. The molecule has 3 N–H and O–H groups in total. The van der Waals surface area contributed by atoms with Gasteiger partial charge in [-0.3, -0.25) is 9.48 Å². The third kappa shape index (κ3) is 2.72. The quantitative estimate of drug-likeness (QED) is 0.827. The number of carbonyl (C=O) groups is 1. The van der Waals surface area contributed by atoms with E-state index >= 15 is 0 Å². The molecule has 1 aliphatic rings. The van der Waals surface area contributed by atoms with E-state index in [1.807, 2.05) is 20.2 Å². The fourth-order valence-electron chi connectivity index (χ4n) is 2.80. The predicted octanol–water partition coefficient (Wildman–Crippen LogP) is 0.720. The fraction of sp³-hybridized carbons (Fsp3) is 0.692. The highest BCUT2D eigenvalue weighted by molar-refractivity contribution is 5.79. The second kappa shape index (κ2) is 5.52. The Balaban J connectivity index is 1.90. The molecule has 0 aromatic carbocycles. The molecular weight excluding hydrogens is 228 g/mol. The first-order valence-corrected chi connectivity index (χ1v) is 6.58. The number of aryl methyl sites for hydroxylation is 2. The van der Waals surface area contributed by atoms with Gasteiger partial charge in [0.2, 0.25) is 5.91 Å². The molecule has 0 bridgehead atoms. The SMILES string of the molecule is Cc1nn(C)cc1CNC(=O)C1CCCC1CN. The van der Waals surface area contributed by atoms with Crippen molar-refractivity contribution in [1.82, 2.24) is 15.1 Å². The molecule has 18 heavy (non-hydrogen) atoms. The molecule has 2 unspecified atom stereocenters. The highest BCUT2D eigenvalue weighted by atomic mass is 16.1. The standard InChI is InChI=1S/C13H22N4O/c1-9-11(8-17(2)16-9)7-15-13(18)12-5-3-4-10(12)6-14/h8,10,12H,3-7,14H2,1-2H3,(H,15,18). The van der Waals surface area contributed by atoms with Gasteiger partial charge in [-0.1, -0.05) is 6.42 Å². The van der Waals surface area contributed by atoms with Crippen molar-refractivity contribution in [3.05, 3.63) is 17.5 Å². The summed E-state index contributed by atoms with van der Waals surface area (Å²) in [5, 5.41) is 7.27. The Labute approximate surface area is 108 Å². The van der Waals surface area contributed by atoms with E-state index in [-0.39, 0.29) is 11.8 Å². The molecule has 5 nitrogen and oxygen atoms in total. The molecule has 5 heteroatoms. The van der Waals surface area contributed by atoms with E-state index in [0.29, 0.717) is 19.0 Å². The number of rotatable bonds is 4. The van der Waals surface area contributed by atoms with Crippen LogP contribution in [-0.2, 0) is 18.4 Å². The smallest absolute Gasteiger partial charge is 0.223 e. The largest absolute Gasteiger partial charge is 0.352 e. The second-order valence-corrected chi connectivity index (χ2v) is 5.16. The summed E-state index contributed by atoms with van der Waals surface area (Å²) >= 11 is 0. The Bertz CT molecular complexity index is 427. The van der Waals surface area contributed by atoms with Gasteiger partial charge in [-0.2, -0.15) is 5.10 Å². The number of nitrogens with one attached hydrogen (secondary N) is 1. The summed E-state index contributed by atoms with van der Waals surface area (Å²) in [4.78, 5) is 12.1. The summed E-state index contributed by atoms with van der Waals surface area (Å²) in [5.74, 6) is 0.609. The molecule has 1 aromatic heterocycles. The zero-order valence-corrected chi connectivity index (χ0v) is 11.1. The number of hydrogen-bond acceptors (Lipinski definition) is 3. The van der Waals surface area contributed by atoms with Crippen LogP contribution in [0, 0.1) is 18.8 Å². The van der Waals surface area contributed by atoms with E-state index < -0.39 is 0 Å². The summed E-state index contributed by atoms with van der Waals surface area (Å²) in [6, 6.07) is 0. The van der Waals surface area contributed by atoms with E-state index in [1.165, 1.54) is 0 Å². The van der Waals surface area contributed by atoms with Gasteiger partial charge in [-0.15, -0.1) is 0 Å². The Morgan fingerprint density at radius 2 is 2.39 bits per heavy atom. The summed E-state index contributed by atoms with van der Waals surface area (Å²) in [5.41, 5.74) is 7.75. The van der Waals surface area contributed by atoms with Gasteiger partial charge in [0.05, 0.1) is 5.69 Å². The zero-order valence-electron chi connectivity index (χ0n) is 11.1. The van der Waals surface area contributed by atoms with Crippen LogP contribution in [0.15, 0.2) is 6.20 Å². The van der Waals surface area contributed by atoms with Gasteiger partial charge >= 0.3 is 0 Å². The Hall–Kier alpha value is -1.36. The topological polar surface area (TPSA) is 72.9 Å². The van der Waals surface area contributed by atoms with Gasteiger partial charge < -0.3 is 11.1 Å². The first-order chi connectivity index (χ1) is 8.61. The average molecular weight is 250 g/mol. The molecule has 0 saturated heterocycles. The lowest BCUT2D eigenvalue weighted by Crippen LogP contribution is -2.34. The fourth-order valence-corrected chi connectivity index (χ4v) is 2.80. The molecule has 1 aliphatic carbocycles. The van der Waals surface area contributed by atoms with Crippen LogP contribution in [0.4, 0.5) is 0 Å². The maximum atomic E-state index is 12.1. The van der Waals surface area contributed by atoms with Crippen LogP contribution in [0.5, 0.6) is 0 Å². The average Bonchev–Trinajstić information content (AvgIpc) is 2.92. The number of hydrogen-bond donors (Lipinski definition) is 2. The summed E-state index contributed by atoms with van der Waals surface area (Å²) in [6.07, 6.45) is 5.12. The van der Waals surface area contributed by atoms with Crippen molar-refractivity contribution >= 4 is 5.91 Å². The molecule has 100 valence electrons. The van der Waals surface area contributed by atoms with Gasteiger partial charge in [0.25, 0.3) is 0 Å². The molecule has 1 saturated carbocycles. The molecule has 0 aliphatic heterocycles. The molecule has 2 rings (SSSR count). The first kappa shape index (κ1) is 13.1.